The summed E-state index contributed by atoms with van der Waals surface area (Å²) in [5, 5.41) is 8.87. The van der Waals surface area contributed by atoms with Gasteiger partial charge in [-0.05, 0) is 55.3 Å². The molecule has 1 fully saturated rings. The molecule has 1 heterocycles. The van der Waals surface area contributed by atoms with Gasteiger partial charge in [-0.15, -0.1) is 0 Å². The molecule has 1 saturated heterocycles. The molecule has 0 bridgehead atoms. The Kier molecular flexibility index (Phi) is 4.90. The maximum atomic E-state index is 12.6. The number of aryl methyl sites for hydroxylation is 1. The number of carbonyl (C=O) groups is 1. The van der Waals surface area contributed by atoms with Gasteiger partial charge in [0, 0.05) is 18.7 Å². The first-order chi connectivity index (χ1) is 12.3. The van der Waals surface area contributed by atoms with Crippen LogP contribution in [0, 0.1) is 18.3 Å². The number of hydrogen-bond acceptors (Lipinski definition) is 5. The first-order valence-electron chi connectivity index (χ1n) is 7.87. The highest BCUT2D eigenvalue weighted by atomic mass is 35.5. The van der Waals surface area contributed by atoms with E-state index in [0.717, 1.165) is 6.42 Å². The summed E-state index contributed by atoms with van der Waals surface area (Å²) in [5.41, 5.74) is 1.43. The van der Waals surface area contributed by atoms with E-state index < -0.39 is 10.1 Å². The Morgan fingerprint density at radius 1 is 1.23 bits per heavy atom. The summed E-state index contributed by atoms with van der Waals surface area (Å²) in [6.45, 7) is 2.27. The van der Waals surface area contributed by atoms with Crippen molar-refractivity contribution in [1.82, 2.24) is 0 Å². The molecule has 0 saturated carbocycles. The molecule has 0 radical (unpaired) electrons. The summed E-state index contributed by atoms with van der Waals surface area (Å²) >= 11 is 5.98. The first-order valence-corrected chi connectivity index (χ1v) is 9.65. The highest BCUT2D eigenvalue weighted by Crippen LogP contribution is 2.31. The second-order valence-corrected chi connectivity index (χ2v) is 7.82. The Morgan fingerprint density at radius 2 is 2.00 bits per heavy atom. The van der Waals surface area contributed by atoms with Crippen LogP contribution in [-0.4, -0.2) is 20.9 Å². The minimum Gasteiger partial charge on any atom is -0.377 e. The standard InChI is InChI=1S/C18H15ClN2O4S/c1-12-9-14(21-8-2-3-18(21)22)5-7-17(12)26(23,24)25-16-6-4-13(11-20)10-15(16)19/h4-7,9-10H,2-3,8H2,1H3. The Morgan fingerprint density at radius 3 is 2.58 bits per heavy atom. The van der Waals surface area contributed by atoms with Crippen molar-refractivity contribution < 1.29 is 17.4 Å². The second kappa shape index (κ2) is 6.98. The zero-order valence-corrected chi connectivity index (χ0v) is 15.5. The Labute approximate surface area is 156 Å². The summed E-state index contributed by atoms with van der Waals surface area (Å²) in [4.78, 5) is 13.5. The van der Waals surface area contributed by atoms with E-state index in [1.54, 1.807) is 24.0 Å². The van der Waals surface area contributed by atoms with Crippen LogP contribution in [0.4, 0.5) is 5.69 Å². The topological polar surface area (TPSA) is 87.5 Å². The SMILES string of the molecule is Cc1cc(N2CCCC2=O)ccc1S(=O)(=O)Oc1ccc(C#N)cc1Cl. The van der Waals surface area contributed by atoms with E-state index in [9.17, 15) is 13.2 Å². The van der Waals surface area contributed by atoms with Crippen LogP contribution in [0.3, 0.4) is 0 Å². The van der Waals surface area contributed by atoms with E-state index in [2.05, 4.69) is 0 Å². The second-order valence-electron chi connectivity index (χ2n) is 5.89. The molecule has 0 N–H and O–H groups in total. The van der Waals surface area contributed by atoms with Crippen LogP contribution in [0.25, 0.3) is 0 Å². The molecule has 0 spiro atoms. The van der Waals surface area contributed by atoms with Gasteiger partial charge in [0.25, 0.3) is 0 Å². The van der Waals surface area contributed by atoms with Gasteiger partial charge in [-0.3, -0.25) is 4.79 Å². The average molecular weight is 391 g/mol. The molecule has 0 aromatic heterocycles. The van der Waals surface area contributed by atoms with Gasteiger partial charge < -0.3 is 9.08 Å². The van der Waals surface area contributed by atoms with E-state index in [1.165, 1.54) is 24.3 Å². The van der Waals surface area contributed by atoms with Gasteiger partial charge in [0.15, 0.2) is 5.75 Å². The molecule has 1 aliphatic heterocycles. The summed E-state index contributed by atoms with van der Waals surface area (Å²) < 4.78 is 30.3. The van der Waals surface area contributed by atoms with Gasteiger partial charge in [-0.1, -0.05) is 11.6 Å². The molecule has 2 aromatic rings. The van der Waals surface area contributed by atoms with Crippen molar-refractivity contribution in [2.45, 2.75) is 24.7 Å². The van der Waals surface area contributed by atoms with E-state index in [-0.39, 0.29) is 21.6 Å². The van der Waals surface area contributed by atoms with Crippen molar-refractivity contribution >= 4 is 33.3 Å². The number of benzene rings is 2. The molecule has 26 heavy (non-hydrogen) atoms. The normalized spacial score (nSPS) is 14.3. The van der Waals surface area contributed by atoms with Crippen LogP contribution in [0.5, 0.6) is 5.75 Å². The van der Waals surface area contributed by atoms with Crippen LogP contribution >= 0.6 is 11.6 Å². The fraction of sp³-hybridized carbons (Fsp3) is 0.222. The summed E-state index contributed by atoms with van der Waals surface area (Å²) in [6.07, 6.45) is 1.29. The Hall–Kier alpha value is -2.56. The summed E-state index contributed by atoms with van der Waals surface area (Å²) in [5.74, 6) is -0.0236. The van der Waals surface area contributed by atoms with Crippen LogP contribution in [-0.2, 0) is 14.9 Å². The lowest BCUT2D eigenvalue weighted by Gasteiger charge is -2.17. The molecular weight excluding hydrogens is 376 g/mol. The van der Waals surface area contributed by atoms with Crippen molar-refractivity contribution in [2.24, 2.45) is 0 Å². The lowest BCUT2D eigenvalue weighted by molar-refractivity contribution is -0.117. The summed E-state index contributed by atoms with van der Waals surface area (Å²) in [7, 11) is -4.11. The zero-order valence-electron chi connectivity index (χ0n) is 13.9. The molecule has 0 aliphatic carbocycles. The van der Waals surface area contributed by atoms with Crippen molar-refractivity contribution in [3.63, 3.8) is 0 Å². The number of hydrogen-bond donors (Lipinski definition) is 0. The van der Waals surface area contributed by atoms with Gasteiger partial charge >= 0.3 is 10.1 Å². The van der Waals surface area contributed by atoms with E-state index >= 15 is 0 Å². The highest BCUT2D eigenvalue weighted by molar-refractivity contribution is 7.87. The minimum atomic E-state index is -4.11. The lowest BCUT2D eigenvalue weighted by atomic mass is 10.2. The minimum absolute atomic E-state index is 0.00618. The molecular formula is C18H15ClN2O4S. The average Bonchev–Trinajstić information content (AvgIpc) is 3.02. The first kappa shape index (κ1) is 18.2. The Bertz CT molecular complexity index is 1030. The number of anilines is 1. The molecule has 1 amide bonds. The maximum absolute atomic E-state index is 12.6. The van der Waals surface area contributed by atoms with Crippen molar-refractivity contribution in [1.29, 1.82) is 5.26 Å². The van der Waals surface area contributed by atoms with Gasteiger partial charge in [-0.25, -0.2) is 0 Å². The predicted molar refractivity (Wildman–Crippen MR) is 96.7 cm³/mol. The monoisotopic (exact) mass is 390 g/mol. The largest absolute Gasteiger partial charge is 0.377 e. The fourth-order valence-corrected chi connectivity index (χ4v) is 4.23. The third kappa shape index (κ3) is 3.52. The lowest BCUT2D eigenvalue weighted by Crippen LogP contribution is -2.24. The number of nitriles is 1. The van der Waals surface area contributed by atoms with Crippen LogP contribution in [0.15, 0.2) is 41.3 Å². The third-order valence-electron chi connectivity index (χ3n) is 4.07. The molecule has 0 unspecified atom stereocenters. The number of halogens is 1. The predicted octanol–water partition coefficient (Wildman–Crippen LogP) is 3.41. The molecule has 1 aliphatic rings. The molecule has 134 valence electrons. The number of nitrogens with zero attached hydrogens (tertiary/aromatic N) is 2. The van der Waals surface area contributed by atoms with Crippen molar-refractivity contribution in [2.75, 3.05) is 11.4 Å². The van der Waals surface area contributed by atoms with Gasteiger partial charge in [0.1, 0.15) is 4.90 Å². The molecule has 2 aromatic carbocycles. The smallest absolute Gasteiger partial charge is 0.339 e. The third-order valence-corrected chi connectivity index (χ3v) is 5.76. The molecule has 3 rings (SSSR count). The quantitative estimate of drug-likeness (QED) is 0.746. The van der Waals surface area contributed by atoms with Crippen LogP contribution in [0.1, 0.15) is 24.0 Å². The maximum Gasteiger partial charge on any atom is 0.339 e. The number of carbonyl (C=O) groups excluding carboxylic acids is 1. The van der Waals surface area contributed by atoms with Crippen molar-refractivity contribution in [3.8, 4) is 11.8 Å². The number of amides is 1. The zero-order chi connectivity index (χ0) is 18.9. The fourth-order valence-electron chi connectivity index (χ4n) is 2.80. The Balaban J connectivity index is 1.90. The summed E-state index contributed by atoms with van der Waals surface area (Å²) in [6, 6.07) is 10.7. The van der Waals surface area contributed by atoms with Gasteiger partial charge in [0.2, 0.25) is 5.91 Å². The number of rotatable bonds is 4. The molecule has 6 nitrogen and oxygen atoms in total. The van der Waals surface area contributed by atoms with Crippen LogP contribution < -0.4 is 9.08 Å². The van der Waals surface area contributed by atoms with E-state index in [0.29, 0.717) is 29.8 Å². The van der Waals surface area contributed by atoms with Gasteiger partial charge in [-0.2, -0.15) is 13.7 Å². The molecule has 0 atom stereocenters. The van der Waals surface area contributed by atoms with E-state index in [1.807, 2.05) is 6.07 Å². The highest BCUT2D eigenvalue weighted by Gasteiger charge is 2.25. The van der Waals surface area contributed by atoms with Crippen LogP contribution in [0.2, 0.25) is 5.02 Å². The molecule has 8 heteroatoms. The van der Waals surface area contributed by atoms with Crippen molar-refractivity contribution in [3.05, 3.63) is 52.5 Å². The van der Waals surface area contributed by atoms with E-state index in [4.69, 9.17) is 21.0 Å². The van der Waals surface area contributed by atoms with Gasteiger partial charge in [0.05, 0.1) is 16.7 Å².